The number of fused-ring (bicyclic) bond motifs is 5. The van der Waals surface area contributed by atoms with Gasteiger partial charge < -0.3 is 9.64 Å². The standard InChI is InChI=1S/C38H27N3O/c1-41-34-22-20-27-17-18-29-23-30(19-21-31(29)35(27)36(34)42-38(41)28-15-9-4-10-16-28)37-39-32(25-11-5-2-6-12-25)24-33(40-37)26-13-7-3-8-14-26/h2-24,38H,1H3. The normalized spacial score (nSPS) is 14.2. The lowest BCUT2D eigenvalue weighted by atomic mass is 9.98. The van der Waals surface area contributed by atoms with Crippen molar-refractivity contribution in [2.24, 2.45) is 0 Å². The molecular formula is C38H27N3O. The van der Waals surface area contributed by atoms with Crippen molar-refractivity contribution in [3.05, 3.63) is 145 Å². The van der Waals surface area contributed by atoms with E-state index in [0.717, 1.165) is 66.6 Å². The van der Waals surface area contributed by atoms with Crippen LogP contribution in [0.4, 0.5) is 5.69 Å². The third-order valence-electron chi connectivity index (χ3n) is 8.10. The van der Waals surface area contributed by atoms with Crippen LogP contribution in [0.2, 0.25) is 0 Å². The van der Waals surface area contributed by atoms with Crippen molar-refractivity contribution in [3.63, 3.8) is 0 Å². The summed E-state index contributed by atoms with van der Waals surface area (Å²) < 4.78 is 6.67. The molecule has 6 aromatic carbocycles. The Morgan fingerprint density at radius 1 is 0.571 bits per heavy atom. The quantitative estimate of drug-likeness (QED) is 0.208. The van der Waals surface area contributed by atoms with Crippen LogP contribution in [-0.4, -0.2) is 17.0 Å². The van der Waals surface area contributed by atoms with Gasteiger partial charge in [-0.3, -0.25) is 0 Å². The van der Waals surface area contributed by atoms with Crippen LogP contribution in [0.25, 0.3) is 55.4 Å². The van der Waals surface area contributed by atoms with Crippen molar-refractivity contribution in [1.82, 2.24) is 9.97 Å². The van der Waals surface area contributed by atoms with E-state index in [1.165, 1.54) is 0 Å². The van der Waals surface area contributed by atoms with Crippen molar-refractivity contribution < 1.29 is 4.74 Å². The Morgan fingerprint density at radius 2 is 1.17 bits per heavy atom. The molecule has 1 unspecified atom stereocenters. The smallest absolute Gasteiger partial charge is 0.198 e. The predicted molar refractivity (Wildman–Crippen MR) is 172 cm³/mol. The van der Waals surface area contributed by atoms with Crippen LogP contribution in [0.1, 0.15) is 11.8 Å². The van der Waals surface area contributed by atoms with Gasteiger partial charge in [0.25, 0.3) is 0 Å². The van der Waals surface area contributed by atoms with Crippen molar-refractivity contribution in [2.45, 2.75) is 6.23 Å². The van der Waals surface area contributed by atoms with E-state index >= 15 is 0 Å². The molecule has 4 nitrogen and oxygen atoms in total. The molecule has 0 saturated carbocycles. The largest absolute Gasteiger partial charge is 0.463 e. The molecule has 0 amide bonds. The van der Waals surface area contributed by atoms with Gasteiger partial charge in [-0.15, -0.1) is 0 Å². The van der Waals surface area contributed by atoms with Crippen LogP contribution >= 0.6 is 0 Å². The third kappa shape index (κ3) is 4.08. The average molecular weight is 542 g/mol. The Balaban J connectivity index is 1.27. The van der Waals surface area contributed by atoms with Crippen molar-refractivity contribution in [1.29, 1.82) is 0 Å². The van der Waals surface area contributed by atoms with Crippen molar-refractivity contribution in [2.75, 3.05) is 11.9 Å². The first-order chi connectivity index (χ1) is 20.7. The fourth-order valence-electron chi connectivity index (χ4n) is 5.96. The second-order valence-electron chi connectivity index (χ2n) is 10.7. The van der Waals surface area contributed by atoms with Gasteiger partial charge in [0.2, 0.25) is 0 Å². The topological polar surface area (TPSA) is 38.2 Å². The fourth-order valence-corrected chi connectivity index (χ4v) is 5.96. The van der Waals surface area contributed by atoms with Gasteiger partial charge in [-0.25, -0.2) is 9.97 Å². The molecule has 42 heavy (non-hydrogen) atoms. The molecule has 8 rings (SSSR count). The summed E-state index contributed by atoms with van der Waals surface area (Å²) >= 11 is 0. The molecule has 7 aromatic rings. The van der Waals surface area contributed by atoms with Crippen LogP contribution in [0.15, 0.2) is 140 Å². The van der Waals surface area contributed by atoms with Gasteiger partial charge in [0.1, 0.15) is 0 Å². The second kappa shape index (κ2) is 9.86. The molecular weight excluding hydrogens is 514 g/mol. The summed E-state index contributed by atoms with van der Waals surface area (Å²) in [6.07, 6.45) is -0.160. The number of ether oxygens (including phenoxy) is 1. The van der Waals surface area contributed by atoms with Crippen LogP contribution in [-0.2, 0) is 0 Å². The first-order valence-electron chi connectivity index (χ1n) is 14.2. The number of aromatic nitrogens is 2. The van der Waals surface area contributed by atoms with E-state index in [4.69, 9.17) is 14.7 Å². The van der Waals surface area contributed by atoms with Gasteiger partial charge in [0.15, 0.2) is 17.8 Å². The maximum Gasteiger partial charge on any atom is 0.198 e. The van der Waals surface area contributed by atoms with Crippen LogP contribution < -0.4 is 9.64 Å². The highest BCUT2D eigenvalue weighted by Gasteiger charge is 2.31. The summed E-state index contributed by atoms with van der Waals surface area (Å²) in [5, 5.41) is 4.56. The van der Waals surface area contributed by atoms with Gasteiger partial charge >= 0.3 is 0 Å². The molecule has 1 aromatic heterocycles. The Labute approximate surface area is 244 Å². The summed E-state index contributed by atoms with van der Waals surface area (Å²) in [4.78, 5) is 12.3. The van der Waals surface area contributed by atoms with E-state index in [9.17, 15) is 0 Å². The Bertz CT molecular complexity index is 2020. The third-order valence-corrected chi connectivity index (χ3v) is 8.10. The fraction of sp³-hybridized carbons (Fsp3) is 0.0526. The van der Waals surface area contributed by atoms with Gasteiger partial charge in [0.05, 0.1) is 17.1 Å². The van der Waals surface area contributed by atoms with E-state index in [-0.39, 0.29) is 6.23 Å². The van der Waals surface area contributed by atoms with Crippen molar-refractivity contribution >= 4 is 27.2 Å². The lowest BCUT2D eigenvalue weighted by Crippen LogP contribution is -2.22. The molecule has 0 aliphatic carbocycles. The molecule has 0 saturated heterocycles. The summed E-state index contributed by atoms with van der Waals surface area (Å²) in [5.74, 6) is 1.63. The number of anilines is 1. The van der Waals surface area contributed by atoms with Crippen LogP contribution in [0.5, 0.6) is 5.75 Å². The second-order valence-corrected chi connectivity index (χ2v) is 10.7. The number of nitrogens with zero attached hydrogens (tertiary/aromatic N) is 3. The highest BCUT2D eigenvalue weighted by Crippen LogP contribution is 2.48. The molecule has 0 N–H and O–H groups in total. The van der Waals surface area contributed by atoms with Crippen molar-refractivity contribution in [3.8, 4) is 39.7 Å². The summed E-state index contributed by atoms with van der Waals surface area (Å²) in [6, 6.07) is 48.3. The zero-order chi connectivity index (χ0) is 28.0. The zero-order valence-electron chi connectivity index (χ0n) is 23.1. The molecule has 1 aliphatic heterocycles. The molecule has 0 bridgehead atoms. The first-order valence-corrected chi connectivity index (χ1v) is 14.2. The van der Waals surface area contributed by atoms with E-state index in [0.29, 0.717) is 5.82 Å². The van der Waals surface area contributed by atoms with Gasteiger partial charge in [-0.1, -0.05) is 121 Å². The van der Waals surface area contributed by atoms with Gasteiger partial charge in [-0.2, -0.15) is 0 Å². The molecule has 1 atom stereocenters. The molecule has 200 valence electrons. The minimum atomic E-state index is -0.160. The average Bonchev–Trinajstić information content (AvgIpc) is 3.41. The highest BCUT2D eigenvalue weighted by atomic mass is 16.5. The number of hydrogen-bond donors (Lipinski definition) is 0. The minimum Gasteiger partial charge on any atom is -0.463 e. The predicted octanol–water partition coefficient (Wildman–Crippen LogP) is 9.31. The molecule has 0 radical (unpaired) electrons. The SMILES string of the molecule is CN1c2ccc3ccc4cc(-c5nc(-c6ccccc6)cc(-c6ccccc6)n5)ccc4c3c2OC1c1ccccc1. The maximum absolute atomic E-state index is 6.67. The summed E-state index contributed by atoms with van der Waals surface area (Å²) in [6.45, 7) is 0. The number of rotatable bonds is 4. The molecule has 2 heterocycles. The van der Waals surface area contributed by atoms with Crippen LogP contribution in [0, 0.1) is 0 Å². The lowest BCUT2D eigenvalue weighted by Gasteiger charge is -2.20. The Hall–Kier alpha value is -5.48. The Morgan fingerprint density at radius 3 is 1.83 bits per heavy atom. The highest BCUT2D eigenvalue weighted by molar-refractivity contribution is 6.13. The van der Waals surface area contributed by atoms with E-state index in [1.807, 2.05) is 42.5 Å². The van der Waals surface area contributed by atoms with Crippen LogP contribution in [0.3, 0.4) is 0 Å². The zero-order valence-corrected chi connectivity index (χ0v) is 23.1. The van der Waals surface area contributed by atoms with E-state index < -0.39 is 0 Å². The lowest BCUT2D eigenvalue weighted by molar-refractivity contribution is 0.238. The monoisotopic (exact) mass is 541 g/mol. The first kappa shape index (κ1) is 24.3. The Kier molecular flexibility index (Phi) is 5.71. The number of benzene rings is 6. The molecule has 1 aliphatic rings. The molecule has 4 heteroatoms. The number of hydrogen-bond acceptors (Lipinski definition) is 4. The molecule has 0 fully saturated rings. The van der Waals surface area contributed by atoms with E-state index in [1.54, 1.807) is 0 Å². The summed E-state index contributed by atoms with van der Waals surface area (Å²) in [5.41, 5.74) is 7.14. The minimum absolute atomic E-state index is 0.160. The van der Waals surface area contributed by atoms with Gasteiger partial charge in [-0.05, 0) is 34.4 Å². The van der Waals surface area contributed by atoms with E-state index in [2.05, 4.69) is 109 Å². The molecule has 0 spiro atoms. The van der Waals surface area contributed by atoms with Gasteiger partial charge in [0, 0.05) is 34.7 Å². The summed E-state index contributed by atoms with van der Waals surface area (Å²) in [7, 11) is 2.10. The maximum atomic E-state index is 6.67.